The third-order valence-electron chi connectivity index (χ3n) is 4.66. The van der Waals surface area contributed by atoms with Crippen molar-refractivity contribution >= 4 is 11.8 Å². The van der Waals surface area contributed by atoms with E-state index >= 15 is 0 Å². The molecular weight excluding hydrogens is 314 g/mol. The molecule has 1 aromatic carbocycles. The lowest BCUT2D eigenvalue weighted by Gasteiger charge is -2.35. The maximum atomic E-state index is 12.4. The molecule has 0 N–H and O–H groups in total. The molecule has 0 saturated carbocycles. The van der Waals surface area contributed by atoms with Gasteiger partial charge in [-0.1, -0.05) is 30.3 Å². The molecule has 1 aromatic heterocycles. The predicted octanol–water partition coefficient (Wildman–Crippen LogP) is 2.18. The summed E-state index contributed by atoms with van der Waals surface area (Å²) in [6, 6.07) is 13.8. The van der Waals surface area contributed by atoms with Gasteiger partial charge in [0.1, 0.15) is 0 Å². The number of benzene rings is 1. The van der Waals surface area contributed by atoms with Gasteiger partial charge in [-0.15, -0.1) is 0 Å². The highest BCUT2D eigenvalue weighted by molar-refractivity contribution is 5.80. The molecule has 5 nitrogen and oxygen atoms in total. The van der Waals surface area contributed by atoms with Gasteiger partial charge in [0, 0.05) is 51.5 Å². The second kappa shape index (κ2) is 8.51. The molecule has 0 aliphatic carbocycles. The summed E-state index contributed by atoms with van der Waals surface area (Å²) >= 11 is 0. The molecule has 25 heavy (non-hydrogen) atoms. The number of hydrogen-bond acceptors (Lipinski definition) is 2. The lowest BCUT2D eigenvalue weighted by Crippen LogP contribution is -2.51. The smallest absolute Gasteiger partial charge is 0.227 e. The van der Waals surface area contributed by atoms with Gasteiger partial charge in [0.05, 0.1) is 6.42 Å². The van der Waals surface area contributed by atoms with Crippen LogP contribution in [0.1, 0.15) is 18.4 Å². The van der Waals surface area contributed by atoms with Crippen molar-refractivity contribution in [3.63, 3.8) is 0 Å². The van der Waals surface area contributed by atoms with E-state index in [1.54, 1.807) is 0 Å². The van der Waals surface area contributed by atoms with Gasteiger partial charge in [-0.05, 0) is 24.1 Å². The number of amides is 2. The van der Waals surface area contributed by atoms with Crippen LogP contribution < -0.4 is 0 Å². The van der Waals surface area contributed by atoms with Crippen LogP contribution in [0.4, 0.5) is 0 Å². The van der Waals surface area contributed by atoms with Crippen LogP contribution in [0.15, 0.2) is 54.9 Å². The van der Waals surface area contributed by atoms with Crippen molar-refractivity contribution < 1.29 is 9.59 Å². The summed E-state index contributed by atoms with van der Waals surface area (Å²) in [5, 5.41) is 0. The van der Waals surface area contributed by atoms with Gasteiger partial charge in [-0.3, -0.25) is 9.59 Å². The van der Waals surface area contributed by atoms with E-state index in [0.717, 1.165) is 18.5 Å². The summed E-state index contributed by atoms with van der Waals surface area (Å²) < 4.78 is 2.09. The number of nitrogens with zero attached hydrogens (tertiary/aromatic N) is 3. The maximum Gasteiger partial charge on any atom is 0.227 e. The van der Waals surface area contributed by atoms with Crippen LogP contribution in [-0.4, -0.2) is 52.4 Å². The Kier molecular flexibility index (Phi) is 5.88. The van der Waals surface area contributed by atoms with E-state index in [-0.39, 0.29) is 11.8 Å². The minimum Gasteiger partial charge on any atom is -0.354 e. The van der Waals surface area contributed by atoms with Crippen LogP contribution in [0, 0.1) is 0 Å². The Labute approximate surface area is 148 Å². The summed E-state index contributed by atoms with van der Waals surface area (Å²) in [5.74, 6) is 0.341. The lowest BCUT2D eigenvalue weighted by atomic mass is 10.1. The second-order valence-corrected chi connectivity index (χ2v) is 6.45. The monoisotopic (exact) mass is 339 g/mol. The van der Waals surface area contributed by atoms with E-state index in [1.807, 2.05) is 64.7 Å². The van der Waals surface area contributed by atoms with E-state index in [4.69, 9.17) is 0 Å². The fraction of sp³-hybridized carbons (Fsp3) is 0.400. The minimum absolute atomic E-state index is 0.144. The van der Waals surface area contributed by atoms with E-state index in [0.29, 0.717) is 39.0 Å². The molecule has 0 radical (unpaired) electrons. The maximum absolute atomic E-state index is 12.4. The molecule has 0 unspecified atom stereocenters. The molecule has 132 valence electrons. The summed E-state index contributed by atoms with van der Waals surface area (Å²) in [6.07, 6.45) is 5.88. The summed E-state index contributed by atoms with van der Waals surface area (Å²) in [7, 11) is 0. The van der Waals surface area contributed by atoms with E-state index in [1.165, 1.54) is 0 Å². The van der Waals surface area contributed by atoms with Crippen molar-refractivity contribution in [2.45, 2.75) is 25.8 Å². The Bertz CT molecular complexity index is 674. The van der Waals surface area contributed by atoms with Crippen molar-refractivity contribution in [3.8, 4) is 0 Å². The van der Waals surface area contributed by atoms with Gasteiger partial charge < -0.3 is 14.4 Å². The molecule has 1 fully saturated rings. The molecule has 2 amide bonds. The van der Waals surface area contributed by atoms with Crippen LogP contribution >= 0.6 is 0 Å². The Hall–Kier alpha value is -2.56. The van der Waals surface area contributed by atoms with Crippen LogP contribution in [0.25, 0.3) is 0 Å². The van der Waals surface area contributed by atoms with E-state index in [2.05, 4.69) is 4.57 Å². The number of rotatable bonds is 6. The number of aryl methyl sites for hydroxylation is 1. The van der Waals surface area contributed by atoms with Crippen molar-refractivity contribution in [2.24, 2.45) is 0 Å². The number of aromatic nitrogens is 1. The third kappa shape index (κ3) is 4.95. The van der Waals surface area contributed by atoms with E-state index in [9.17, 15) is 9.59 Å². The molecule has 2 heterocycles. The van der Waals surface area contributed by atoms with Crippen molar-refractivity contribution in [2.75, 3.05) is 26.2 Å². The summed E-state index contributed by atoms with van der Waals surface area (Å²) in [5.41, 5.74) is 1.04. The van der Waals surface area contributed by atoms with Crippen LogP contribution in [0.5, 0.6) is 0 Å². The third-order valence-corrected chi connectivity index (χ3v) is 4.66. The molecule has 1 aliphatic heterocycles. The first-order valence-electron chi connectivity index (χ1n) is 8.92. The standard InChI is InChI=1S/C20H25N3O2/c24-19(9-6-12-21-10-4-5-11-21)22-13-15-23(16-14-22)20(25)17-18-7-2-1-3-8-18/h1-5,7-8,10-11H,6,9,12-17H2. The number of carbonyl (C=O) groups is 2. The minimum atomic E-state index is 0.144. The normalized spacial score (nSPS) is 14.6. The van der Waals surface area contributed by atoms with Gasteiger partial charge in [-0.2, -0.15) is 0 Å². The molecule has 0 bridgehead atoms. The van der Waals surface area contributed by atoms with E-state index < -0.39 is 0 Å². The average Bonchev–Trinajstić information content (AvgIpc) is 3.16. The zero-order chi connectivity index (χ0) is 17.5. The van der Waals surface area contributed by atoms with Gasteiger partial charge >= 0.3 is 0 Å². The summed E-state index contributed by atoms with van der Waals surface area (Å²) in [4.78, 5) is 28.4. The molecule has 1 saturated heterocycles. The highest BCUT2D eigenvalue weighted by Gasteiger charge is 2.23. The fourth-order valence-electron chi connectivity index (χ4n) is 3.18. The number of hydrogen-bond donors (Lipinski definition) is 0. The Balaban J connectivity index is 1.38. The SMILES string of the molecule is O=C(CCCn1cccc1)N1CCN(C(=O)Cc2ccccc2)CC1. The van der Waals surface area contributed by atoms with Crippen molar-refractivity contribution in [3.05, 3.63) is 60.4 Å². The quantitative estimate of drug-likeness (QED) is 0.810. The molecule has 5 heteroatoms. The zero-order valence-corrected chi connectivity index (χ0v) is 14.5. The number of carbonyl (C=O) groups excluding carboxylic acids is 2. The molecule has 1 aliphatic rings. The van der Waals surface area contributed by atoms with Crippen molar-refractivity contribution in [1.82, 2.24) is 14.4 Å². The Morgan fingerprint density at radius 1 is 0.800 bits per heavy atom. The highest BCUT2D eigenvalue weighted by Crippen LogP contribution is 2.09. The average molecular weight is 339 g/mol. The highest BCUT2D eigenvalue weighted by atomic mass is 16.2. The first kappa shape index (κ1) is 17.3. The summed E-state index contributed by atoms with van der Waals surface area (Å²) in [6.45, 7) is 3.42. The largest absolute Gasteiger partial charge is 0.354 e. The van der Waals surface area contributed by atoms with Crippen LogP contribution in [0.2, 0.25) is 0 Å². The van der Waals surface area contributed by atoms with Gasteiger partial charge in [0.2, 0.25) is 11.8 Å². The molecule has 0 spiro atoms. The van der Waals surface area contributed by atoms with Gasteiger partial charge in [-0.25, -0.2) is 0 Å². The topological polar surface area (TPSA) is 45.6 Å². The predicted molar refractivity (Wildman–Crippen MR) is 97.0 cm³/mol. The van der Waals surface area contributed by atoms with Crippen molar-refractivity contribution in [1.29, 1.82) is 0 Å². The number of piperazine rings is 1. The van der Waals surface area contributed by atoms with Crippen LogP contribution in [-0.2, 0) is 22.6 Å². The molecular formula is C20H25N3O2. The van der Waals surface area contributed by atoms with Gasteiger partial charge in [0.15, 0.2) is 0 Å². The lowest BCUT2D eigenvalue weighted by molar-refractivity contribution is -0.139. The first-order valence-corrected chi connectivity index (χ1v) is 8.92. The van der Waals surface area contributed by atoms with Crippen LogP contribution in [0.3, 0.4) is 0 Å². The Morgan fingerprint density at radius 3 is 2.04 bits per heavy atom. The first-order chi connectivity index (χ1) is 12.2. The zero-order valence-electron chi connectivity index (χ0n) is 14.5. The van der Waals surface area contributed by atoms with Gasteiger partial charge in [0.25, 0.3) is 0 Å². The molecule has 2 aromatic rings. The molecule has 0 atom stereocenters. The Morgan fingerprint density at radius 2 is 1.40 bits per heavy atom. The molecule has 3 rings (SSSR count). The second-order valence-electron chi connectivity index (χ2n) is 6.45. The fourth-order valence-corrected chi connectivity index (χ4v) is 3.18.